The molecule has 0 rings (SSSR count). The Balaban J connectivity index is 3.34. The normalized spacial score (nSPS) is 9.50. The molecule has 58 valence electrons. The first-order chi connectivity index (χ1) is 4.66. The van der Waals surface area contributed by atoms with Crippen molar-refractivity contribution in [2.24, 2.45) is 0 Å². The fourth-order valence-corrected chi connectivity index (χ4v) is 0.577. The summed E-state index contributed by atoms with van der Waals surface area (Å²) in [5, 5.41) is -1.06. The Labute approximate surface area is 69.8 Å². The third-order valence-corrected chi connectivity index (χ3v) is 0.951. The van der Waals surface area contributed by atoms with Gasteiger partial charge in [-0.1, -0.05) is 29.3 Å². The van der Waals surface area contributed by atoms with Gasteiger partial charge in [0.25, 0.3) is 5.02 Å². The molecule has 0 saturated heterocycles. The molecule has 10 heavy (non-hydrogen) atoms. The summed E-state index contributed by atoms with van der Waals surface area (Å²) in [5.41, 5.74) is 0. The van der Waals surface area contributed by atoms with Gasteiger partial charge in [0.05, 0.1) is 0 Å². The number of carbonyl (C=O) groups excluding carboxylic acids is 1. The zero-order valence-electron chi connectivity index (χ0n) is 5.35. The molecule has 2 nitrogen and oxygen atoms in total. The van der Waals surface area contributed by atoms with E-state index in [1.807, 2.05) is 0 Å². The Morgan fingerprint density at radius 2 is 2.30 bits per heavy atom. The number of hydrogen-bond donors (Lipinski definition) is 0. The van der Waals surface area contributed by atoms with E-state index in [2.05, 4.69) is 11.3 Å². The monoisotopic (exact) mass is 182 g/mol. The molecule has 0 aliphatic heterocycles. The summed E-state index contributed by atoms with van der Waals surface area (Å²) in [6, 6.07) is 0. The number of alkyl halides is 2. The predicted octanol–water partition coefficient (Wildman–Crippen LogP) is 2.26. The van der Waals surface area contributed by atoms with Crippen molar-refractivity contribution < 1.29 is 9.53 Å². The molecule has 0 unspecified atom stereocenters. The zero-order chi connectivity index (χ0) is 7.98. The van der Waals surface area contributed by atoms with Crippen LogP contribution < -0.4 is 0 Å². The van der Waals surface area contributed by atoms with Crippen molar-refractivity contribution in [2.75, 3.05) is 0 Å². The largest absolute Gasteiger partial charge is 0.431 e. The molecule has 0 aromatic carbocycles. The molecule has 0 aliphatic rings. The molecule has 0 N–H and O–H groups in total. The molecule has 4 heteroatoms. The molecular weight excluding hydrogens is 175 g/mol. The van der Waals surface area contributed by atoms with Crippen LogP contribution in [-0.2, 0) is 9.53 Å². The smallest absolute Gasteiger partial charge is 0.308 e. The highest BCUT2D eigenvalue weighted by Crippen LogP contribution is 2.05. The van der Waals surface area contributed by atoms with Crippen molar-refractivity contribution in [2.45, 2.75) is 17.9 Å². The minimum Gasteiger partial charge on any atom is -0.431 e. The van der Waals surface area contributed by atoms with E-state index < -0.39 is 11.0 Å². The Morgan fingerprint density at radius 1 is 1.70 bits per heavy atom. The van der Waals surface area contributed by atoms with Crippen LogP contribution in [0.1, 0.15) is 12.8 Å². The minimum atomic E-state index is -1.06. The van der Waals surface area contributed by atoms with Crippen LogP contribution in [0.25, 0.3) is 0 Å². The van der Waals surface area contributed by atoms with Crippen LogP contribution in [-0.4, -0.2) is 11.0 Å². The van der Waals surface area contributed by atoms with E-state index in [0.717, 1.165) is 0 Å². The summed E-state index contributed by atoms with van der Waals surface area (Å²) in [4.78, 5) is 10.6. The Kier molecular flexibility index (Phi) is 5.45. The molecular formula is C6H8Cl2O2. The lowest BCUT2D eigenvalue weighted by atomic mass is 10.3. The SMILES string of the molecule is C=CCCC(=O)OC(Cl)Cl. The van der Waals surface area contributed by atoms with Crippen molar-refractivity contribution in [3.63, 3.8) is 0 Å². The number of carbonyl (C=O) groups is 1. The molecule has 0 aromatic rings. The Morgan fingerprint density at radius 3 is 2.70 bits per heavy atom. The zero-order valence-corrected chi connectivity index (χ0v) is 6.86. The summed E-state index contributed by atoms with van der Waals surface area (Å²) in [5.74, 6) is -0.407. The molecule has 0 fully saturated rings. The molecule has 0 aliphatic carbocycles. The highest BCUT2D eigenvalue weighted by Gasteiger charge is 2.05. The van der Waals surface area contributed by atoms with E-state index in [1.165, 1.54) is 0 Å². The number of rotatable bonds is 4. The van der Waals surface area contributed by atoms with Gasteiger partial charge < -0.3 is 4.74 Å². The highest BCUT2D eigenvalue weighted by molar-refractivity contribution is 6.43. The van der Waals surface area contributed by atoms with Gasteiger partial charge in [0.15, 0.2) is 0 Å². The van der Waals surface area contributed by atoms with E-state index in [0.29, 0.717) is 6.42 Å². The Hall–Kier alpha value is -0.210. The minimum absolute atomic E-state index is 0.277. The van der Waals surface area contributed by atoms with E-state index in [1.54, 1.807) is 6.08 Å². The van der Waals surface area contributed by atoms with Crippen LogP contribution in [0.15, 0.2) is 12.7 Å². The molecule has 0 spiro atoms. The molecule has 0 atom stereocenters. The van der Waals surface area contributed by atoms with Crippen LogP contribution in [0.3, 0.4) is 0 Å². The van der Waals surface area contributed by atoms with Crippen LogP contribution in [0.2, 0.25) is 0 Å². The fraction of sp³-hybridized carbons (Fsp3) is 0.500. The summed E-state index contributed by atoms with van der Waals surface area (Å²) in [6.45, 7) is 3.44. The van der Waals surface area contributed by atoms with Crippen molar-refractivity contribution in [1.82, 2.24) is 0 Å². The van der Waals surface area contributed by atoms with Gasteiger partial charge in [-0.25, -0.2) is 0 Å². The summed E-state index contributed by atoms with van der Waals surface area (Å²) in [7, 11) is 0. The predicted molar refractivity (Wildman–Crippen MR) is 41.0 cm³/mol. The first kappa shape index (κ1) is 9.79. The van der Waals surface area contributed by atoms with Gasteiger partial charge in [0, 0.05) is 6.42 Å². The van der Waals surface area contributed by atoms with E-state index >= 15 is 0 Å². The quantitative estimate of drug-likeness (QED) is 0.379. The number of hydrogen-bond acceptors (Lipinski definition) is 2. The van der Waals surface area contributed by atoms with Gasteiger partial charge in [-0.2, -0.15) is 0 Å². The number of allylic oxidation sites excluding steroid dienone is 1. The second-order valence-corrected chi connectivity index (χ2v) is 2.59. The summed E-state index contributed by atoms with van der Waals surface area (Å²) < 4.78 is 4.40. The average molecular weight is 183 g/mol. The molecule has 0 saturated carbocycles. The van der Waals surface area contributed by atoms with Crippen molar-refractivity contribution in [1.29, 1.82) is 0 Å². The standard InChI is InChI=1S/C6H8Cl2O2/c1-2-3-4-5(9)10-6(7)8/h2,6H,1,3-4H2. The fourth-order valence-electron chi connectivity index (χ4n) is 0.378. The first-order valence-corrected chi connectivity index (χ1v) is 3.62. The topological polar surface area (TPSA) is 26.3 Å². The number of ether oxygens (including phenoxy) is 1. The third kappa shape index (κ3) is 5.92. The molecule has 0 heterocycles. The lowest BCUT2D eigenvalue weighted by Gasteiger charge is -2.01. The van der Waals surface area contributed by atoms with Crippen LogP contribution in [0.5, 0.6) is 0 Å². The molecule has 0 amide bonds. The van der Waals surface area contributed by atoms with Crippen molar-refractivity contribution in [3.05, 3.63) is 12.7 Å². The van der Waals surface area contributed by atoms with Crippen LogP contribution >= 0.6 is 23.2 Å². The van der Waals surface area contributed by atoms with Gasteiger partial charge >= 0.3 is 5.97 Å². The molecule has 0 bridgehead atoms. The Bertz CT molecular complexity index is 123. The van der Waals surface area contributed by atoms with Gasteiger partial charge in [0.2, 0.25) is 0 Å². The maximum absolute atomic E-state index is 10.6. The van der Waals surface area contributed by atoms with E-state index in [4.69, 9.17) is 23.2 Å². The van der Waals surface area contributed by atoms with Crippen LogP contribution in [0, 0.1) is 0 Å². The van der Waals surface area contributed by atoms with Gasteiger partial charge in [0.1, 0.15) is 0 Å². The average Bonchev–Trinajstić information content (AvgIpc) is 1.82. The maximum Gasteiger partial charge on any atom is 0.308 e. The molecule has 0 radical (unpaired) electrons. The van der Waals surface area contributed by atoms with Crippen molar-refractivity contribution >= 4 is 29.2 Å². The number of halogens is 2. The summed E-state index contributed by atoms with van der Waals surface area (Å²) >= 11 is 10.3. The van der Waals surface area contributed by atoms with Gasteiger partial charge in [-0.05, 0) is 6.42 Å². The lowest BCUT2D eigenvalue weighted by molar-refractivity contribution is -0.142. The second kappa shape index (κ2) is 5.57. The molecule has 0 aromatic heterocycles. The van der Waals surface area contributed by atoms with Gasteiger partial charge in [-0.3, -0.25) is 4.79 Å². The summed E-state index contributed by atoms with van der Waals surface area (Å²) in [6.07, 6.45) is 2.48. The second-order valence-electron chi connectivity index (χ2n) is 1.58. The first-order valence-electron chi connectivity index (χ1n) is 2.75. The highest BCUT2D eigenvalue weighted by atomic mass is 35.5. The maximum atomic E-state index is 10.6. The van der Waals surface area contributed by atoms with Gasteiger partial charge in [-0.15, -0.1) is 6.58 Å². The van der Waals surface area contributed by atoms with E-state index in [9.17, 15) is 4.79 Å². The number of esters is 1. The third-order valence-electron chi connectivity index (χ3n) is 0.773. The van der Waals surface area contributed by atoms with Crippen LogP contribution in [0.4, 0.5) is 0 Å². The van der Waals surface area contributed by atoms with E-state index in [-0.39, 0.29) is 6.42 Å². The van der Waals surface area contributed by atoms with Crippen molar-refractivity contribution in [3.8, 4) is 0 Å². The lowest BCUT2D eigenvalue weighted by Crippen LogP contribution is -2.06.